The lowest BCUT2D eigenvalue weighted by atomic mass is 10.4. The van der Waals surface area contributed by atoms with Crippen molar-refractivity contribution in [2.24, 2.45) is 0 Å². The first kappa shape index (κ1) is 13.7. The minimum Gasteiger partial charge on any atom is -0.353 e. The zero-order valence-electron chi connectivity index (χ0n) is 11.1. The Hall–Kier alpha value is -1.28. The van der Waals surface area contributed by atoms with E-state index in [0.29, 0.717) is 32.6 Å². The van der Waals surface area contributed by atoms with Gasteiger partial charge in [0.1, 0.15) is 6.33 Å². The van der Waals surface area contributed by atoms with E-state index < -0.39 is 15.8 Å². The van der Waals surface area contributed by atoms with Gasteiger partial charge in [0.15, 0.2) is 11.6 Å². The summed E-state index contributed by atoms with van der Waals surface area (Å²) in [6.07, 6.45) is 4.65. The second-order valence-corrected chi connectivity index (χ2v) is 7.39. The number of sulfonamides is 1. The van der Waals surface area contributed by atoms with Crippen LogP contribution >= 0.6 is 0 Å². The molecular formula is C12H17FN4O2S. The second kappa shape index (κ2) is 5.25. The number of anilines is 1. The predicted octanol–water partition coefficient (Wildman–Crippen LogP) is 0.620. The fourth-order valence-electron chi connectivity index (χ4n) is 2.48. The van der Waals surface area contributed by atoms with Crippen molar-refractivity contribution in [2.45, 2.75) is 24.5 Å². The van der Waals surface area contributed by atoms with Crippen LogP contribution in [0.2, 0.25) is 0 Å². The Morgan fingerprint density at radius 3 is 2.70 bits per heavy atom. The van der Waals surface area contributed by atoms with Crippen LogP contribution in [0.5, 0.6) is 0 Å². The van der Waals surface area contributed by atoms with Gasteiger partial charge in [0, 0.05) is 26.2 Å². The first-order valence-corrected chi connectivity index (χ1v) is 8.29. The van der Waals surface area contributed by atoms with Gasteiger partial charge in [-0.2, -0.15) is 4.31 Å². The number of rotatable bonds is 3. The topological polar surface area (TPSA) is 66.4 Å². The average molecular weight is 300 g/mol. The molecule has 0 atom stereocenters. The molecule has 3 rings (SSSR count). The third kappa shape index (κ3) is 2.62. The molecule has 1 aromatic heterocycles. The molecule has 2 fully saturated rings. The van der Waals surface area contributed by atoms with Crippen LogP contribution in [0.4, 0.5) is 10.2 Å². The monoisotopic (exact) mass is 300 g/mol. The molecule has 20 heavy (non-hydrogen) atoms. The highest BCUT2D eigenvalue weighted by Gasteiger charge is 2.40. The Morgan fingerprint density at radius 2 is 2.00 bits per heavy atom. The van der Waals surface area contributed by atoms with Crippen molar-refractivity contribution in [3.05, 3.63) is 18.3 Å². The molecule has 1 saturated heterocycles. The summed E-state index contributed by atoms with van der Waals surface area (Å²) in [5, 5.41) is -0.190. The molecule has 0 unspecified atom stereocenters. The van der Waals surface area contributed by atoms with E-state index in [0.717, 1.165) is 19.0 Å². The lowest BCUT2D eigenvalue weighted by molar-refractivity contribution is 0.432. The van der Waals surface area contributed by atoms with Gasteiger partial charge >= 0.3 is 0 Å². The highest BCUT2D eigenvalue weighted by atomic mass is 32.2. The average Bonchev–Trinajstić information content (AvgIpc) is 3.26. The Labute approximate surface area is 117 Å². The van der Waals surface area contributed by atoms with Gasteiger partial charge in [-0.25, -0.2) is 22.8 Å². The van der Waals surface area contributed by atoms with E-state index in [-0.39, 0.29) is 11.1 Å². The zero-order valence-corrected chi connectivity index (χ0v) is 11.9. The largest absolute Gasteiger partial charge is 0.353 e. The number of hydrogen-bond acceptors (Lipinski definition) is 5. The Bertz CT molecular complexity index is 591. The molecule has 1 aliphatic carbocycles. The third-order valence-corrected chi connectivity index (χ3v) is 6.11. The van der Waals surface area contributed by atoms with Crippen LogP contribution in [-0.2, 0) is 10.0 Å². The van der Waals surface area contributed by atoms with Crippen molar-refractivity contribution in [1.82, 2.24) is 14.3 Å². The highest BCUT2D eigenvalue weighted by molar-refractivity contribution is 7.90. The SMILES string of the molecule is O=S(=O)(C1CC1)N1CCCN(c2ncncc2F)CC1. The van der Waals surface area contributed by atoms with Gasteiger partial charge in [0.05, 0.1) is 11.4 Å². The van der Waals surface area contributed by atoms with Gasteiger partial charge in [-0.15, -0.1) is 0 Å². The molecule has 0 amide bonds. The van der Waals surface area contributed by atoms with E-state index in [1.807, 2.05) is 0 Å². The molecule has 8 heteroatoms. The molecule has 2 aliphatic rings. The Balaban J connectivity index is 1.73. The van der Waals surface area contributed by atoms with Crippen LogP contribution in [-0.4, -0.2) is 54.1 Å². The van der Waals surface area contributed by atoms with Crippen molar-refractivity contribution in [3.63, 3.8) is 0 Å². The molecule has 1 saturated carbocycles. The third-order valence-electron chi connectivity index (χ3n) is 3.71. The minimum absolute atomic E-state index is 0.190. The summed E-state index contributed by atoms with van der Waals surface area (Å²) >= 11 is 0. The van der Waals surface area contributed by atoms with E-state index in [9.17, 15) is 12.8 Å². The van der Waals surface area contributed by atoms with Gasteiger partial charge in [-0.3, -0.25) is 0 Å². The van der Waals surface area contributed by atoms with E-state index >= 15 is 0 Å². The van der Waals surface area contributed by atoms with Gasteiger partial charge in [0.2, 0.25) is 10.0 Å². The van der Waals surface area contributed by atoms with E-state index in [4.69, 9.17) is 0 Å². The minimum atomic E-state index is -3.15. The zero-order chi connectivity index (χ0) is 14.2. The molecule has 0 bridgehead atoms. The van der Waals surface area contributed by atoms with Crippen molar-refractivity contribution < 1.29 is 12.8 Å². The van der Waals surface area contributed by atoms with Crippen LogP contribution in [0, 0.1) is 5.82 Å². The highest BCUT2D eigenvalue weighted by Crippen LogP contribution is 2.31. The number of nitrogens with zero attached hydrogens (tertiary/aromatic N) is 4. The Kier molecular flexibility index (Phi) is 3.59. The van der Waals surface area contributed by atoms with Crippen LogP contribution in [0.15, 0.2) is 12.5 Å². The van der Waals surface area contributed by atoms with Gasteiger partial charge in [0.25, 0.3) is 0 Å². The molecule has 0 spiro atoms. The number of halogens is 1. The molecule has 0 aromatic carbocycles. The summed E-state index contributed by atoms with van der Waals surface area (Å²) in [7, 11) is -3.15. The Morgan fingerprint density at radius 1 is 1.20 bits per heavy atom. The lowest BCUT2D eigenvalue weighted by Gasteiger charge is -2.22. The quantitative estimate of drug-likeness (QED) is 0.818. The maximum Gasteiger partial charge on any atom is 0.217 e. The van der Waals surface area contributed by atoms with Gasteiger partial charge in [-0.1, -0.05) is 0 Å². The lowest BCUT2D eigenvalue weighted by Crippen LogP contribution is -2.37. The molecule has 0 N–H and O–H groups in total. The van der Waals surface area contributed by atoms with Crippen LogP contribution in [0.25, 0.3) is 0 Å². The van der Waals surface area contributed by atoms with Crippen LogP contribution in [0.3, 0.4) is 0 Å². The molecule has 1 aromatic rings. The summed E-state index contributed by atoms with van der Waals surface area (Å²) < 4.78 is 39.7. The summed E-state index contributed by atoms with van der Waals surface area (Å²) in [5.41, 5.74) is 0. The van der Waals surface area contributed by atoms with Crippen LogP contribution < -0.4 is 4.90 Å². The molecular weight excluding hydrogens is 283 g/mol. The summed E-state index contributed by atoms with van der Waals surface area (Å²) in [5.74, 6) is -0.211. The van der Waals surface area contributed by atoms with Gasteiger partial charge in [-0.05, 0) is 19.3 Å². The standard InChI is InChI=1S/C12H17FN4O2S/c13-11-8-14-9-15-12(11)16-4-1-5-17(7-6-16)20(18,19)10-2-3-10/h8-10H,1-7H2. The number of hydrogen-bond donors (Lipinski definition) is 0. The maximum absolute atomic E-state index is 13.7. The first-order valence-electron chi connectivity index (χ1n) is 6.78. The summed E-state index contributed by atoms with van der Waals surface area (Å²) in [4.78, 5) is 9.37. The summed E-state index contributed by atoms with van der Waals surface area (Å²) in [6.45, 7) is 1.95. The molecule has 110 valence electrons. The van der Waals surface area contributed by atoms with E-state index in [2.05, 4.69) is 9.97 Å². The smallest absolute Gasteiger partial charge is 0.217 e. The normalized spacial score (nSPS) is 21.8. The second-order valence-electron chi connectivity index (χ2n) is 5.18. The van der Waals surface area contributed by atoms with Crippen molar-refractivity contribution in [1.29, 1.82) is 0 Å². The van der Waals surface area contributed by atoms with Crippen molar-refractivity contribution >= 4 is 15.8 Å². The predicted molar refractivity (Wildman–Crippen MR) is 72.3 cm³/mol. The fourth-order valence-corrected chi connectivity index (χ4v) is 4.35. The molecule has 1 aliphatic heterocycles. The summed E-state index contributed by atoms with van der Waals surface area (Å²) in [6, 6.07) is 0. The number of aromatic nitrogens is 2. The molecule has 2 heterocycles. The van der Waals surface area contributed by atoms with E-state index in [1.54, 1.807) is 9.21 Å². The molecule has 0 radical (unpaired) electrons. The van der Waals surface area contributed by atoms with Crippen molar-refractivity contribution in [2.75, 3.05) is 31.1 Å². The van der Waals surface area contributed by atoms with Crippen LogP contribution in [0.1, 0.15) is 19.3 Å². The first-order chi connectivity index (χ1) is 9.59. The molecule has 6 nitrogen and oxygen atoms in total. The fraction of sp³-hybridized carbons (Fsp3) is 0.667. The van der Waals surface area contributed by atoms with Crippen molar-refractivity contribution in [3.8, 4) is 0 Å². The van der Waals surface area contributed by atoms with E-state index in [1.165, 1.54) is 6.33 Å². The van der Waals surface area contributed by atoms with Gasteiger partial charge < -0.3 is 4.90 Å². The maximum atomic E-state index is 13.7.